The Morgan fingerprint density at radius 1 is 1.43 bits per heavy atom. The molecule has 2 heterocycles. The number of hydrogen-bond acceptors (Lipinski definition) is 5. The molecule has 2 N–H and O–H groups in total. The van der Waals surface area contributed by atoms with Gasteiger partial charge in [-0.25, -0.2) is 4.98 Å². The second kappa shape index (κ2) is 7.68. The van der Waals surface area contributed by atoms with E-state index in [2.05, 4.69) is 34.3 Å². The number of nitrogens with zero attached hydrogens (tertiary/aromatic N) is 2. The third-order valence-corrected chi connectivity index (χ3v) is 4.61. The van der Waals surface area contributed by atoms with Crippen molar-refractivity contribution in [2.75, 3.05) is 5.32 Å². The molecule has 0 saturated heterocycles. The first-order chi connectivity index (χ1) is 10.9. The van der Waals surface area contributed by atoms with Crippen LogP contribution in [0.3, 0.4) is 0 Å². The molecule has 0 aliphatic rings. The highest BCUT2D eigenvalue weighted by Gasteiger charge is 2.21. The number of rotatable bonds is 7. The van der Waals surface area contributed by atoms with Crippen LogP contribution in [-0.4, -0.2) is 26.3 Å². The molecule has 23 heavy (non-hydrogen) atoms. The molecular weight excluding hydrogens is 312 g/mol. The Labute approximate surface area is 140 Å². The standard InChI is InChI=1S/C16H24N4O2S/c1-6-13(15(21)19-14-8-10(4)22-20-14)23-16-17-11(5)12(18-16)7-9(2)3/h8-9,13H,6-7H2,1-5H3,(H,17,18)(H,19,20,21)/t13-/m1/s1. The monoisotopic (exact) mass is 336 g/mol. The highest BCUT2D eigenvalue weighted by molar-refractivity contribution is 8.00. The van der Waals surface area contributed by atoms with Crippen molar-refractivity contribution in [3.8, 4) is 0 Å². The highest BCUT2D eigenvalue weighted by atomic mass is 32.2. The summed E-state index contributed by atoms with van der Waals surface area (Å²) in [5, 5.41) is 7.13. The van der Waals surface area contributed by atoms with Gasteiger partial charge >= 0.3 is 0 Å². The predicted molar refractivity (Wildman–Crippen MR) is 91.7 cm³/mol. The third-order valence-electron chi connectivity index (χ3n) is 3.36. The summed E-state index contributed by atoms with van der Waals surface area (Å²) in [4.78, 5) is 20.3. The number of anilines is 1. The molecule has 1 amide bonds. The molecule has 6 nitrogen and oxygen atoms in total. The minimum atomic E-state index is -0.232. The van der Waals surface area contributed by atoms with Crippen LogP contribution in [0.4, 0.5) is 5.82 Å². The molecule has 2 rings (SSSR count). The van der Waals surface area contributed by atoms with E-state index in [1.54, 1.807) is 13.0 Å². The number of aromatic nitrogens is 3. The van der Waals surface area contributed by atoms with Crippen LogP contribution >= 0.6 is 11.8 Å². The molecule has 0 aliphatic heterocycles. The van der Waals surface area contributed by atoms with Crippen molar-refractivity contribution in [3.05, 3.63) is 23.2 Å². The molecule has 0 bridgehead atoms. The van der Waals surface area contributed by atoms with Crippen LogP contribution in [0.2, 0.25) is 0 Å². The lowest BCUT2D eigenvalue weighted by Crippen LogP contribution is -2.24. The second-order valence-electron chi connectivity index (χ2n) is 6.04. The van der Waals surface area contributed by atoms with Crippen molar-refractivity contribution in [1.29, 1.82) is 0 Å². The van der Waals surface area contributed by atoms with Crippen LogP contribution in [0, 0.1) is 19.8 Å². The molecule has 2 aromatic rings. The van der Waals surface area contributed by atoms with E-state index in [4.69, 9.17) is 4.52 Å². The molecule has 0 fully saturated rings. The fourth-order valence-electron chi connectivity index (χ4n) is 2.20. The number of carbonyl (C=O) groups excluding carboxylic acids is 1. The van der Waals surface area contributed by atoms with Gasteiger partial charge in [-0.3, -0.25) is 4.79 Å². The van der Waals surface area contributed by atoms with Gasteiger partial charge in [-0.05, 0) is 32.6 Å². The molecule has 1 atom stereocenters. The fraction of sp³-hybridized carbons (Fsp3) is 0.562. The summed E-state index contributed by atoms with van der Waals surface area (Å²) < 4.78 is 4.96. The van der Waals surface area contributed by atoms with Crippen molar-refractivity contribution in [2.45, 2.75) is 57.9 Å². The summed E-state index contributed by atoms with van der Waals surface area (Å²) in [6.45, 7) is 10.1. The number of amides is 1. The highest BCUT2D eigenvalue weighted by Crippen LogP contribution is 2.26. The second-order valence-corrected chi connectivity index (χ2v) is 7.23. The van der Waals surface area contributed by atoms with Crippen molar-refractivity contribution < 1.29 is 9.32 Å². The molecule has 0 unspecified atom stereocenters. The zero-order valence-electron chi connectivity index (χ0n) is 14.3. The molecule has 0 aliphatic carbocycles. The predicted octanol–water partition coefficient (Wildman–Crippen LogP) is 3.72. The van der Waals surface area contributed by atoms with Gasteiger partial charge in [-0.2, -0.15) is 0 Å². The lowest BCUT2D eigenvalue weighted by atomic mass is 10.1. The molecule has 126 valence electrons. The van der Waals surface area contributed by atoms with Gasteiger partial charge in [0, 0.05) is 11.8 Å². The Balaban J connectivity index is 2.02. The maximum absolute atomic E-state index is 12.4. The summed E-state index contributed by atoms with van der Waals surface area (Å²) in [7, 11) is 0. The van der Waals surface area contributed by atoms with Gasteiger partial charge in [-0.15, -0.1) is 0 Å². The third kappa shape index (κ3) is 4.86. The average Bonchev–Trinajstić information content (AvgIpc) is 3.02. The first-order valence-electron chi connectivity index (χ1n) is 7.85. The van der Waals surface area contributed by atoms with E-state index >= 15 is 0 Å². The van der Waals surface area contributed by atoms with Crippen LogP contribution in [0.15, 0.2) is 15.7 Å². The van der Waals surface area contributed by atoms with Crippen LogP contribution in [-0.2, 0) is 11.2 Å². The Hall–Kier alpha value is -1.76. The minimum absolute atomic E-state index is 0.0923. The largest absolute Gasteiger partial charge is 0.360 e. The van der Waals surface area contributed by atoms with E-state index in [1.807, 2.05) is 13.8 Å². The Morgan fingerprint density at radius 2 is 2.17 bits per heavy atom. The summed E-state index contributed by atoms with van der Waals surface area (Å²) in [5.41, 5.74) is 2.15. The van der Waals surface area contributed by atoms with Crippen molar-refractivity contribution in [3.63, 3.8) is 0 Å². The molecule has 7 heteroatoms. The zero-order valence-corrected chi connectivity index (χ0v) is 15.1. The number of nitrogens with one attached hydrogen (secondary N) is 2. The van der Waals surface area contributed by atoms with Gasteiger partial charge < -0.3 is 14.8 Å². The van der Waals surface area contributed by atoms with Gasteiger partial charge in [0.25, 0.3) is 0 Å². The normalized spacial score (nSPS) is 12.6. The quantitative estimate of drug-likeness (QED) is 0.753. The molecule has 0 spiro atoms. The van der Waals surface area contributed by atoms with E-state index in [0.717, 1.165) is 23.0 Å². The summed E-state index contributed by atoms with van der Waals surface area (Å²) in [6, 6.07) is 1.70. The van der Waals surface area contributed by atoms with E-state index in [0.29, 0.717) is 23.9 Å². The number of H-pyrrole nitrogens is 1. The van der Waals surface area contributed by atoms with Gasteiger partial charge in [-0.1, -0.05) is 37.7 Å². The number of imidazole rings is 1. The van der Waals surface area contributed by atoms with E-state index in [9.17, 15) is 4.79 Å². The Kier molecular flexibility index (Phi) is 5.87. The van der Waals surface area contributed by atoms with Crippen LogP contribution in [0.25, 0.3) is 0 Å². The maximum Gasteiger partial charge on any atom is 0.239 e. The van der Waals surface area contributed by atoms with Gasteiger partial charge in [0.1, 0.15) is 5.76 Å². The van der Waals surface area contributed by atoms with Crippen LogP contribution < -0.4 is 5.32 Å². The number of aryl methyl sites for hydroxylation is 2. The topological polar surface area (TPSA) is 83.8 Å². The summed E-state index contributed by atoms with van der Waals surface area (Å²) in [6.07, 6.45) is 1.64. The fourth-order valence-corrected chi connectivity index (χ4v) is 3.17. The summed E-state index contributed by atoms with van der Waals surface area (Å²) >= 11 is 1.45. The lowest BCUT2D eigenvalue weighted by molar-refractivity contribution is -0.115. The molecular formula is C16H24N4O2S. The van der Waals surface area contributed by atoms with Crippen molar-refractivity contribution in [2.24, 2.45) is 5.92 Å². The Morgan fingerprint density at radius 3 is 2.74 bits per heavy atom. The smallest absolute Gasteiger partial charge is 0.239 e. The van der Waals surface area contributed by atoms with Gasteiger partial charge in [0.15, 0.2) is 11.0 Å². The zero-order chi connectivity index (χ0) is 17.0. The molecule has 0 radical (unpaired) electrons. The minimum Gasteiger partial charge on any atom is -0.360 e. The number of hydrogen-bond donors (Lipinski definition) is 2. The number of thioether (sulfide) groups is 1. The number of aromatic amines is 1. The Bertz CT molecular complexity index is 663. The first-order valence-corrected chi connectivity index (χ1v) is 8.73. The number of carbonyl (C=O) groups is 1. The lowest BCUT2D eigenvalue weighted by Gasteiger charge is -2.11. The van der Waals surface area contributed by atoms with E-state index in [-0.39, 0.29) is 11.2 Å². The van der Waals surface area contributed by atoms with E-state index in [1.165, 1.54) is 11.8 Å². The average molecular weight is 336 g/mol. The van der Waals surface area contributed by atoms with Crippen molar-refractivity contribution in [1.82, 2.24) is 15.1 Å². The SMILES string of the molecule is CC[C@@H](Sc1nc(CC(C)C)c(C)[nH]1)C(=O)Nc1cc(C)on1. The summed E-state index contributed by atoms with van der Waals surface area (Å²) in [5.74, 6) is 1.57. The first kappa shape index (κ1) is 17.6. The van der Waals surface area contributed by atoms with Crippen LogP contribution in [0.1, 0.15) is 44.3 Å². The van der Waals surface area contributed by atoms with E-state index < -0.39 is 0 Å². The maximum atomic E-state index is 12.4. The molecule has 2 aromatic heterocycles. The van der Waals surface area contributed by atoms with Gasteiger partial charge in [0.05, 0.1) is 10.9 Å². The molecule has 0 saturated carbocycles. The van der Waals surface area contributed by atoms with Crippen LogP contribution in [0.5, 0.6) is 0 Å². The van der Waals surface area contributed by atoms with Crippen molar-refractivity contribution >= 4 is 23.5 Å². The molecule has 0 aromatic carbocycles. The van der Waals surface area contributed by atoms with Gasteiger partial charge in [0.2, 0.25) is 5.91 Å².